The van der Waals surface area contributed by atoms with Crippen molar-refractivity contribution in [3.8, 4) is 33.4 Å². The number of hydrogen-bond donors (Lipinski definition) is 0. The van der Waals surface area contributed by atoms with Gasteiger partial charge in [0.1, 0.15) is 0 Å². The van der Waals surface area contributed by atoms with E-state index < -0.39 is 0 Å². The molecule has 1 nitrogen and oxygen atoms in total. The van der Waals surface area contributed by atoms with E-state index in [1.165, 1.54) is 103 Å². The van der Waals surface area contributed by atoms with Crippen LogP contribution in [-0.2, 0) is 5.41 Å². The van der Waals surface area contributed by atoms with Gasteiger partial charge in [-0.1, -0.05) is 115 Å². The Morgan fingerprint density at radius 1 is 0.426 bits per heavy atom. The monoisotopic (exact) mass is 711 g/mol. The van der Waals surface area contributed by atoms with Gasteiger partial charge in [-0.05, 0) is 143 Å². The molecule has 5 aliphatic carbocycles. The summed E-state index contributed by atoms with van der Waals surface area (Å²) in [6, 6.07) is 62.0. The van der Waals surface area contributed by atoms with Crippen molar-refractivity contribution in [2.45, 2.75) is 37.5 Å². The third-order valence-electron chi connectivity index (χ3n) is 13.8. The molecule has 1 aromatic heterocycles. The molecule has 4 saturated carbocycles. The molecule has 2 heteroatoms. The van der Waals surface area contributed by atoms with E-state index in [0.29, 0.717) is 0 Å². The normalized spacial score (nSPS) is 23.3. The maximum atomic E-state index is 2.65. The van der Waals surface area contributed by atoms with Crippen LogP contribution in [0, 0.1) is 23.7 Å². The van der Waals surface area contributed by atoms with Crippen LogP contribution in [0.5, 0.6) is 0 Å². The molecule has 7 aromatic carbocycles. The topological polar surface area (TPSA) is 3.24 Å². The fourth-order valence-electron chi connectivity index (χ4n) is 11.9. The van der Waals surface area contributed by atoms with Gasteiger partial charge in [0.25, 0.3) is 0 Å². The molecule has 54 heavy (non-hydrogen) atoms. The van der Waals surface area contributed by atoms with Crippen LogP contribution < -0.4 is 4.90 Å². The van der Waals surface area contributed by atoms with Crippen LogP contribution in [0.1, 0.15) is 43.2 Å². The highest BCUT2D eigenvalue weighted by Gasteiger charge is 2.61. The third kappa shape index (κ3) is 4.44. The minimum absolute atomic E-state index is 0.105. The van der Waals surface area contributed by atoms with Crippen LogP contribution in [0.2, 0.25) is 0 Å². The summed E-state index contributed by atoms with van der Waals surface area (Å²) in [6.07, 6.45) is 7.00. The molecule has 0 amide bonds. The molecule has 4 bridgehead atoms. The van der Waals surface area contributed by atoms with Gasteiger partial charge < -0.3 is 4.90 Å². The molecule has 0 radical (unpaired) electrons. The fraction of sp³-hybridized carbons (Fsp3) is 0.192. The Balaban J connectivity index is 1.12. The Labute approximate surface area is 321 Å². The summed E-state index contributed by atoms with van der Waals surface area (Å²) in [5.41, 5.74) is 14.8. The Morgan fingerprint density at radius 3 is 1.85 bits per heavy atom. The molecule has 8 aromatic rings. The minimum atomic E-state index is 0.105. The van der Waals surface area contributed by atoms with Gasteiger partial charge in [0.2, 0.25) is 0 Å². The number of hydrogen-bond acceptors (Lipinski definition) is 2. The predicted octanol–water partition coefficient (Wildman–Crippen LogP) is 14.6. The van der Waals surface area contributed by atoms with Crippen molar-refractivity contribution in [3.05, 3.63) is 175 Å². The molecule has 0 atom stereocenters. The summed E-state index contributed by atoms with van der Waals surface area (Å²) in [6.45, 7) is 0. The zero-order valence-corrected chi connectivity index (χ0v) is 31.1. The van der Waals surface area contributed by atoms with Crippen LogP contribution in [-0.4, -0.2) is 0 Å². The second kappa shape index (κ2) is 11.8. The maximum absolute atomic E-state index is 2.65. The van der Waals surface area contributed by atoms with E-state index in [0.717, 1.165) is 23.7 Å². The standard InChI is InChI=1S/C52H41NS/c1-3-11-35(12-4-1)37-19-23-49(45(30-37)36-13-5-2-6-14-36)53(40-21-24-51-46(31-40)44-16-8-10-18-50(44)54-51)41-20-22-43-42-15-7-9-17-47(42)52(48(43)32-41)38-26-33-25-34(28-38)29-39(52)27-33/h1-24,30-34,38-39H,25-29H2. The van der Waals surface area contributed by atoms with E-state index in [2.05, 4.69) is 169 Å². The fourth-order valence-corrected chi connectivity index (χ4v) is 13.0. The van der Waals surface area contributed by atoms with Gasteiger partial charge in [-0.2, -0.15) is 0 Å². The predicted molar refractivity (Wildman–Crippen MR) is 228 cm³/mol. The van der Waals surface area contributed by atoms with Gasteiger partial charge in [0, 0.05) is 42.5 Å². The largest absolute Gasteiger partial charge is 0.310 e. The van der Waals surface area contributed by atoms with Crippen molar-refractivity contribution in [1.82, 2.24) is 0 Å². The quantitative estimate of drug-likeness (QED) is 0.172. The SMILES string of the molecule is c1ccc(-c2ccc(N(c3ccc4c(c3)C3(c5ccccc5-4)C4CC5CC(C4)CC3C5)c3ccc4sc5ccccc5c4c3)c(-c3ccccc3)c2)cc1. The second-order valence-electron chi connectivity index (χ2n) is 16.5. The van der Waals surface area contributed by atoms with E-state index in [-0.39, 0.29) is 5.41 Å². The molecule has 5 aliphatic rings. The van der Waals surface area contributed by atoms with Crippen molar-refractivity contribution < 1.29 is 0 Å². The number of fused-ring (bicyclic) bond motifs is 6. The van der Waals surface area contributed by atoms with Gasteiger partial charge in [0.15, 0.2) is 0 Å². The Bertz CT molecular complexity index is 2710. The molecule has 13 rings (SSSR count). The summed E-state index contributed by atoms with van der Waals surface area (Å²) in [5.74, 6) is 3.27. The lowest BCUT2D eigenvalue weighted by Crippen LogP contribution is -2.55. The number of benzene rings is 7. The van der Waals surface area contributed by atoms with Gasteiger partial charge in [0.05, 0.1) is 5.69 Å². The van der Waals surface area contributed by atoms with Crippen molar-refractivity contribution in [1.29, 1.82) is 0 Å². The average molecular weight is 712 g/mol. The third-order valence-corrected chi connectivity index (χ3v) is 15.0. The zero-order valence-electron chi connectivity index (χ0n) is 30.3. The summed E-state index contributed by atoms with van der Waals surface area (Å²) >= 11 is 1.89. The summed E-state index contributed by atoms with van der Waals surface area (Å²) in [5, 5.41) is 2.66. The lowest BCUT2D eigenvalue weighted by molar-refractivity contribution is -0.0399. The molecule has 260 valence electrons. The van der Waals surface area contributed by atoms with E-state index in [1.807, 2.05) is 11.3 Å². The molecule has 0 N–H and O–H groups in total. The average Bonchev–Trinajstić information content (AvgIpc) is 3.74. The summed E-state index contributed by atoms with van der Waals surface area (Å²) in [4.78, 5) is 2.58. The first kappa shape index (κ1) is 31.0. The molecular formula is C52H41NS. The molecule has 4 fully saturated rings. The maximum Gasteiger partial charge on any atom is 0.0540 e. The Morgan fingerprint density at radius 2 is 1.06 bits per heavy atom. The van der Waals surface area contributed by atoms with Crippen molar-refractivity contribution in [2.75, 3.05) is 4.90 Å². The zero-order chi connectivity index (χ0) is 35.4. The van der Waals surface area contributed by atoms with E-state index in [4.69, 9.17) is 0 Å². The van der Waals surface area contributed by atoms with Crippen molar-refractivity contribution in [2.24, 2.45) is 23.7 Å². The van der Waals surface area contributed by atoms with Gasteiger partial charge in [-0.3, -0.25) is 0 Å². The highest BCUT2D eigenvalue weighted by atomic mass is 32.1. The Hall–Kier alpha value is -5.44. The number of nitrogens with zero attached hydrogens (tertiary/aromatic N) is 1. The van der Waals surface area contributed by atoms with E-state index in [9.17, 15) is 0 Å². The molecule has 1 heterocycles. The Kier molecular flexibility index (Phi) is 6.75. The number of rotatable bonds is 5. The molecule has 0 aliphatic heterocycles. The van der Waals surface area contributed by atoms with Crippen LogP contribution in [0.25, 0.3) is 53.6 Å². The minimum Gasteiger partial charge on any atom is -0.310 e. The van der Waals surface area contributed by atoms with Crippen LogP contribution >= 0.6 is 11.3 Å². The van der Waals surface area contributed by atoms with Crippen LogP contribution in [0.4, 0.5) is 17.1 Å². The first-order valence-corrected chi connectivity index (χ1v) is 20.7. The lowest BCUT2D eigenvalue weighted by Gasteiger charge is -2.61. The van der Waals surface area contributed by atoms with Crippen molar-refractivity contribution in [3.63, 3.8) is 0 Å². The summed E-state index contributed by atoms with van der Waals surface area (Å²) in [7, 11) is 0. The number of thiophene rings is 1. The molecule has 1 spiro atoms. The van der Waals surface area contributed by atoms with E-state index in [1.54, 1.807) is 11.1 Å². The second-order valence-corrected chi connectivity index (χ2v) is 17.6. The van der Waals surface area contributed by atoms with E-state index >= 15 is 0 Å². The smallest absolute Gasteiger partial charge is 0.0540 e. The molecule has 0 unspecified atom stereocenters. The van der Waals surface area contributed by atoms with Crippen molar-refractivity contribution >= 4 is 48.6 Å². The summed E-state index contributed by atoms with van der Waals surface area (Å²) < 4.78 is 2.67. The highest BCUT2D eigenvalue weighted by molar-refractivity contribution is 7.25. The first-order valence-electron chi connectivity index (χ1n) is 19.9. The molecule has 0 saturated heterocycles. The lowest BCUT2D eigenvalue weighted by atomic mass is 9.43. The van der Waals surface area contributed by atoms with Gasteiger partial charge in [-0.25, -0.2) is 0 Å². The number of anilines is 3. The van der Waals surface area contributed by atoms with Gasteiger partial charge in [-0.15, -0.1) is 11.3 Å². The highest BCUT2D eigenvalue weighted by Crippen LogP contribution is 2.69. The van der Waals surface area contributed by atoms with Crippen LogP contribution in [0.15, 0.2) is 164 Å². The first-order chi connectivity index (χ1) is 26.7. The van der Waals surface area contributed by atoms with Gasteiger partial charge >= 0.3 is 0 Å². The van der Waals surface area contributed by atoms with Crippen LogP contribution in [0.3, 0.4) is 0 Å². The molecular weight excluding hydrogens is 671 g/mol.